The molecule has 0 amide bonds. The van der Waals surface area contributed by atoms with Crippen molar-refractivity contribution in [2.24, 2.45) is 0 Å². The molecule has 5 nitrogen and oxygen atoms in total. The van der Waals surface area contributed by atoms with Crippen molar-refractivity contribution in [1.29, 1.82) is 0 Å². The number of hydrogen-bond acceptors (Lipinski definition) is 5. The molecule has 20 heavy (non-hydrogen) atoms. The van der Waals surface area contributed by atoms with Crippen LogP contribution >= 0.6 is 15.9 Å². The summed E-state index contributed by atoms with van der Waals surface area (Å²) < 4.78 is 6.61. The van der Waals surface area contributed by atoms with Crippen molar-refractivity contribution in [1.82, 2.24) is 15.5 Å². The second kappa shape index (κ2) is 5.93. The summed E-state index contributed by atoms with van der Waals surface area (Å²) in [6, 6.07) is 6.32. The van der Waals surface area contributed by atoms with E-state index >= 15 is 0 Å². The first-order chi connectivity index (χ1) is 9.35. The first kappa shape index (κ1) is 15.0. The Kier molecular flexibility index (Phi) is 4.45. The molecule has 0 aliphatic heterocycles. The van der Waals surface area contributed by atoms with E-state index in [9.17, 15) is 0 Å². The van der Waals surface area contributed by atoms with Gasteiger partial charge in [-0.05, 0) is 45.4 Å². The van der Waals surface area contributed by atoms with Gasteiger partial charge in [0.25, 0.3) is 0 Å². The maximum Gasteiger partial charge on any atom is 0.320 e. The molecule has 0 spiro atoms. The average molecular weight is 339 g/mol. The molecule has 0 fully saturated rings. The lowest BCUT2D eigenvalue weighted by atomic mass is 10.1. The number of nitrogens with zero attached hydrogens (tertiary/aromatic N) is 2. The molecule has 2 N–H and O–H groups in total. The van der Waals surface area contributed by atoms with Crippen molar-refractivity contribution in [2.45, 2.75) is 39.8 Å². The third-order valence-electron chi connectivity index (χ3n) is 2.75. The van der Waals surface area contributed by atoms with Crippen molar-refractivity contribution < 1.29 is 4.42 Å². The number of nitrogens with one attached hydrogen (secondary N) is 2. The fraction of sp³-hybridized carbons (Fsp3) is 0.429. The number of rotatable bonds is 4. The van der Waals surface area contributed by atoms with E-state index in [1.54, 1.807) is 0 Å². The van der Waals surface area contributed by atoms with E-state index in [1.165, 1.54) is 0 Å². The molecule has 0 saturated heterocycles. The molecule has 0 radical (unpaired) electrons. The van der Waals surface area contributed by atoms with Gasteiger partial charge in [-0.1, -0.05) is 27.1 Å². The molecule has 6 heteroatoms. The molecular formula is C14H19BrN4O. The van der Waals surface area contributed by atoms with Crippen LogP contribution in [-0.2, 0) is 6.54 Å². The highest BCUT2D eigenvalue weighted by Gasteiger charge is 2.12. The van der Waals surface area contributed by atoms with Gasteiger partial charge in [-0.15, -0.1) is 5.10 Å². The van der Waals surface area contributed by atoms with Crippen molar-refractivity contribution in [3.8, 4) is 0 Å². The van der Waals surface area contributed by atoms with Crippen molar-refractivity contribution >= 4 is 27.6 Å². The van der Waals surface area contributed by atoms with Crippen LogP contribution in [0.5, 0.6) is 0 Å². The smallest absolute Gasteiger partial charge is 0.320 e. The second-order valence-electron chi connectivity index (χ2n) is 5.64. The first-order valence-corrected chi connectivity index (χ1v) is 7.24. The van der Waals surface area contributed by atoms with Crippen LogP contribution in [0.25, 0.3) is 0 Å². The van der Waals surface area contributed by atoms with E-state index in [0.717, 1.165) is 15.7 Å². The average Bonchev–Trinajstić information content (AvgIpc) is 2.80. The molecule has 1 aromatic heterocycles. The maximum absolute atomic E-state index is 5.57. The Morgan fingerprint density at radius 3 is 2.70 bits per heavy atom. The molecule has 2 rings (SSSR count). The molecule has 0 atom stereocenters. The summed E-state index contributed by atoms with van der Waals surface area (Å²) in [5.74, 6) is 0.565. The minimum Gasteiger partial charge on any atom is -0.406 e. The zero-order chi connectivity index (χ0) is 14.8. The Labute approximate surface area is 127 Å². The zero-order valence-electron chi connectivity index (χ0n) is 12.1. The predicted octanol–water partition coefficient (Wildman–Crippen LogP) is 3.77. The van der Waals surface area contributed by atoms with Gasteiger partial charge in [-0.3, -0.25) is 0 Å². The highest BCUT2D eigenvalue weighted by Crippen LogP contribution is 2.25. The molecule has 2 aromatic rings. The van der Waals surface area contributed by atoms with Gasteiger partial charge >= 0.3 is 6.01 Å². The quantitative estimate of drug-likeness (QED) is 0.888. The lowest BCUT2D eigenvalue weighted by Gasteiger charge is -2.18. The van der Waals surface area contributed by atoms with Crippen LogP contribution in [0.3, 0.4) is 0 Å². The molecule has 0 aliphatic rings. The van der Waals surface area contributed by atoms with E-state index < -0.39 is 0 Å². The standard InChI is InChI=1S/C14H19BrN4O/c1-9-10(15)6-5-7-11(9)17-13-19-18-12(20-13)8-16-14(2,3)4/h5-7,16H,8H2,1-4H3,(H,17,19). The van der Waals surface area contributed by atoms with Crippen molar-refractivity contribution in [3.05, 3.63) is 34.1 Å². The maximum atomic E-state index is 5.57. The van der Waals surface area contributed by atoms with Gasteiger partial charge in [0.1, 0.15) is 0 Å². The van der Waals surface area contributed by atoms with Crippen LogP contribution < -0.4 is 10.6 Å². The highest BCUT2D eigenvalue weighted by molar-refractivity contribution is 9.10. The van der Waals surface area contributed by atoms with Crippen LogP contribution in [0.15, 0.2) is 27.1 Å². The lowest BCUT2D eigenvalue weighted by molar-refractivity contribution is 0.384. The molecule has 0 saturated carbocycles. The summed E-state index contributed by atoms with van der Waals surface area (Å²) >= 11 is 3.49. The van der Waals surface area contributed by atoms with E-state index in [2.05, 4.69) is 57.5 Å². The third kappa shape index (κ3) is 4.05. The van der Waals surface area contributed by atoms with Crippen LogP contribution in [-0.4, -0.2) is 15.7 Å². The van der Waals surface area contributed by atoms with E-state index in [4.69, 9.17) is 4.42 Å². The normalized spacial score (nSPS) is 11.7. The minimum atomic E-state index is 0.0168. The molecule has 108 valence electrons. The fourth-order valence-electron chi connectivity index (χ4n) is 1.57. The highest BCUT2D eigenvalue weighted by atomic mass is 79.9. The predicted molar refractivity (Wildman–Crippen MR) is 83.1 cm³/mol. The van der Waals surface area contributed by atoms with Crippen LogP contribution in [0.2, 0.25) is 0 Å². The Bertz CT molecular complexity index is 589. The Morgan fingerprint density at radius 2 is 2.00 bits per heavy atom. The number of hydrogen-bond donors (Lipinski definition) is 2. The van der Waals surface area contributed by atoms with Gasteiger partial charge in [0, 0.05) is 15.7 Å². The second-order valence-corrected chi connectivity index (χ2v) is 6.50. The fourth-order valence-corrected chi connectivity index (χ4v) is 1.94. The monoisotopic (exact) mass is 338 g/mol. The summed E-state index contributed by atoms with van der Waals surface area (Å²) in [6.45, 7) is 8.84. The third-order valence-corrected chi connectivity index (χ3v) is 3.61. The Balaban J connectivity index is 2.04. The Hall–Kier alpha value is -1.40. The first-order valence-electron chi connectivity index (χ1n) is 6.45. The lowest BCUT2D eigenvalue weighted by Crippen LogP contribution is -2.35. The summed E-state index contributed by atoms with van der Waals surface area (Å²) in [4.78, 5) is 0. The van der Waals surface area contributed by atoms with Crippen molar-refractivity contribution in [3.63, 3.8) is 0 Å². The molecule has 0 unspecified atom stereocenters. The van der Waals surface area contributed by atoms with Gasteiger partial charge in [-0.25, -0.2) is 0 Å². The molecule has 1 heterocycles. The van der Waals surface area contributed by atoms with Crippen LogP contribution in [0, 0.1) is 6.92 Å². The van der Waals surface area contributed by atoms with Gasteiger partial charge in [-0.2, -0.15) is 0 Å². The number of benzene rings is 1. The van der Waals surface area contributed by atoms with Gasteiger partial charge in [0.15, 0.2) is 0 Å². The summed E-state index contributed by atoms with van der Waals surface area (Å²) in [6.07, 6.45) is 0. The van der Waals surface area contributed by atoms with Crippen LogP contribution in [0.4, 0.5) is 11.7 Å². The SMILES string of the molecule is Cc1c(Br)cccc1Nc1nnc(CNC(C)(C)C)o1. The Morgan fingerprint density at radius 1 is 1.25 bits per heavy atom. The summed E-state index contributed by atoms with van der Waals surface area (Å²) in [5.41, 5.74) is 2.06. The van der Waals surface area contributed by atoms with E-state index in [-0.39, 0.29) is 5.54 Å². The molecule has 0 aliphatic carbocycles. The van der Waals surface area contributed by atoms with E-state index in [1.807, 2.05) is 25.1 Å². The summed E-state index contributed by atoms with van der Waals surface area (Å²) in [7, 11) is 0. The number of anilines is 2. The van der Waals surface area contributed by atoms with Crippen LogP contribution in [0.1, 0.15) is 32.2 Å². The topological polar surface area (TPSA) is 63.0 Å². The van der Waals surface area contributed by atoms with Gasteiger partial charge in [0.2, 0.25) is 5.89 Å². The summed E-state index contributed by atoms with van der Waals surface area (Å²) in [5, 5.41) is 14.5. The minimum absolute atomic E-state index is 0.0168. The molecule has 1 aromatic carbocycles. The largest absolute Gasteiger partial charge is 0.406 e. The number of aromatic nitrogens is 2. The van der Waals surface area contributed by atoms with E-state index in [0.29, 0.717) is 18.5 Å². The van der Waals surface area contributed by atoms with Crippen molar-refractivity contribution in [2.75, 3.05) is 5.32 Å². The zero-order valence-corrected chi connectivity index (χ0v) is 13.7. The molecular weight excluding hydrogens is 320 g/mol. The van der Waals surface area contributed by atoms with Gasteiger partial charge < -0.3 is 15.1 Å². The number of halogens is 1. The van der Waals surface area contributed by atoms with Gasteiger partial charge in [0.05, 0.1) is 6.54 Å². The molecule has 0 bridgehead atoms.